The van der Waals surface area contributed by atoms with E-state index in [1.54, 1.807) is 0 Å². The van der Waals surface area contributed by atoms with Crippen molar-refractivity contribution < 1.29 is 0 Å². The van der Waals surface area contributed by atoms with E-state index in [1.165, 1.54) is 0 Å². The fraction of sp³-hybridized carbons (Fsp3) is 0.750. The first kappa shape index (κ1) is 15.4. The Kier molecular flexibility index (Phi) is 4.78. The summed E-state index contributed by atoms with van der Waals surface area (Å²) in [4.78, 5) is 2.15. The van der Waals surface area contributed by atoms with Crippen molar-refractivity contribution in [3.8, 4) is 0 Å². The van der Waals surface area contributed by atoms with Gasteiger partial charge in [-0.3, -0.25) is 16.0 Å². The van der Waals surface area contributed by atoms with E-state index in [4.69, 9.17) is 17.4 Å². The summed E-state index contributed by atoms with van der Waals surface area (Å²) >= 11 is 6.28. The van der Waals surface area contributed by atoms with Gasteiger partial charge in [-0.2, -0.15) is 5.10 Å². The Hall–Kier alpha value is -0.620. The lowest BCUT2D eigenvalue weighted by molar-refractivity contribution is 0.136. The average molecular weight is 274 g/mol. The Bertz CT molecular complexity index is 411. The summed E-state index contributed by atoms with van der Waals surface area (Å²) < 4.78 is 1.83. The first-order valence-corrected chi connectivity index (χ1v) is 6.41. The minimum absolute atomic E-state index is 0.0831. The van der Waals surface area contributed by atoms with Crippen LogP contribution in [-0.2, 0) is 13.5 Å². The molecule has 1 rings (SSSR count). The molecule has 0 aliphatic heterocycles. The molecule has 0 aromatic carbocycles. The molecule has 1 aromatic heterocycles. The van der Waals surface area contributed by atoms with Crippen molar-refractivity contribution in [1.82, 2.24) is 20.1 Å². The van der Waals surface area contributed by atoms with Crippen LogP contribution in [0.2, 0.25) is 5.02 Å². The zero-order valence-corrected chi connectivity index (χ0v) is 12.8. The topological polar surface area (TPSA) is 59.1 Å². The molecule has 6 heteroatoms. The maximum absolute atomic E-state index is 6.28. The number of nitrogens with two attached hydrogens (primary N) is 1. The number of nitrogens with zero attached hydrogens (tertiary/aromatic N) is 3. The standard InChI is InChI=1S/C12H24ClN5/c1-8-11(13)9(18(6)16-8)7-10(15-14)12(2,3)17(4)5/h10,15H,7,14H2,1-6H3. The molecule has 0 amide bonds. The van der Waals surface area contributed by atoms with Crippen molar-refractivity contribution in [3.05, 3.63) is 16.4 Å². The van der Waals surface area contributed by atoms with Crippen LogP contribution in [0.25, 0.3) is 0 Å². The van der Waals surface area contributed by atoms with Crippen molar-refractivity contribution in [2.45, 2.75) is 38.8 Å². The van der Waals surface area contributed by atoms with E-state index in [2.05, 4.69) is 29.3 Å². The molecular weight excluding hydrogens is 250 g/mol. The van der Waals surface area contributed by atoms with Gasteiger partial charge in [-0.1, -0.05) is 11.6 Å². The lowest BCUT2D eigenvalue weighted by atomic mass is 9.90. The van der Waals surface area contributed by atoms with Crippen molar-refractivity contribution in [1.29, 1.82) is 0 Å². The first-order chi connectivity index (χ1) is 8.21. The number of hydrogen-bond acceptors (Lipinski definition) is 4. The van der Waals surface area contributed by atoms with Gasteiger partial charge in [-0.15, -0.1) is 0 Å². The minimum atomic E-state index is -0.0870. The molecule has 1 atom stereocenters. The summed E-state index contributed by atoms with van der Waals surface area (Å²) in [6.07, 6.45) is 0.734. The van der Waals surface area contributed by atoms with Crippen LogP contribution < -0.4 is 11.3 Å². The van der Waals surface area contributed by atoms with E-state index >= 15 is 0 Å². The van der Waals surface area contributed by atoms with Crippen LogP contribution >= 0.6 is 11.6 Å². The Morgan fingerprint density at radius 1 is 1.50 bits per heavy atom. The second kappa shape index (κ2) is 5.57. The monoisotopic (exact) mass is 273 g/mol. The highest BCUT2D eigenvalue weighted by Crippen LogP contribution is 2.25. The smallest absolute Gasteiger partial charge is 0.0847 e. The normalized spacial score (nSPS) is 14.3. The number of aryl methyl sites for hydroxylation is 2. The fourth-order valence-electron chi connectivity index (χ4n) is 1.92. The van der Waals surface area contributed by atoms with Crippen LogP contribution in [0.1, 0.15) is 25.2 Å². The predicted octanol–water partition coefficient (Wildman–Crippen LogP) is 1.10. The molecule has 0 spiro atoms. The van der Waals surface area contributed by atoms with Gasteiger partial charge in [0.1, 0.15) is 0 Å². The van der Waals surface area contributed by atoms with Gasteiger partial charge >= 0.3 is 0 Å². The lowest BCUT2D eigenvalue weighted by Crippen LogP contribution is -2.58. The molecule has 0 radical (unpaired) electrons. The van der Waals surface area contributed by atoms with Gasteiger partial charge in [0.25, 0.3) is 0 Å². The van der Waals surface area contributed by atoms with Crippen molar-refractivity contribution >= 4 is 11.6 Å². The molecule has 0 aliphatic rings. The van der Waals surface area contributed by atoms with Gasteiger partial charge in [-0.05, 0) is 34.9 Å². The quantitative estimate of drug-likeness (QED) is 0.623. The zero-order chi connectivity index (χ0) is 14.1. The number of nitrogens with one attached hydrogen (secondary N) is 1. The van der Waals surface area contributed by atoms with E-state index in [9.17, 15) is 0 Å². The van der Waals surface area contributed by atoms with Crippen LogP contribution in [0.3, 0.4) is 0 Å². The average Bonchev–Trinajstić information content (AvgIpc) is 2.50. The Morgan fingerprint density at radius 3 is 2.39 bits per heavy atom. The van der Waals surface area contributed by atoms with E-state index < -0.39 is 0 Å². The molecule has 0 saturated heterocycles. The van der Waals surface area contributed by atoms with Crippen molar-refractivity contribution in [2.75, 3.05) is 14.1 Å². The molecule has 18 heavy (non-hydrogen) atoms. The van der Waals surface area contributed by atoms with E-state index in [-0.39, 0.29) is 11.6 Å². The fourth-order valence-corrected chi connectivity index (χ4v) is 2.16. The third kappa shape index (κ3) is 2.85. The van der Waals surface area contributed by atoms with Crippen LogP contribution in [0.5, 0.6) is 0 Å². The predicted molar refractivity (Wildman–Crippen MR) is 75.5 cm³/mol. The van der Waals surface area contributed by atoms with E-state index in [0.29, 0.717) is 0 Å². The van der Waals surface area contributed by atoms with E-state index in [0.717, 1.165) is 22.8 Å². The number of rotatable bonds is 5. The lowest BCUT2D eigenvalue weighted by Gasteiger charge is -2.39. The van der Waals surface area contributed by atoms with Gasteiger partial charge in [0.15, 0.2) is 0 Å². The van der Waals surface area contributed by atoms with Gasteiger partial charge < -0.3 is 4.90 Å². The summed E-state index contributed by atoms with van der Waals surface area (Å²) in [5.74, 6) is 5.70. The van der Waals surface area contributed by atoms with Gasteiger partial charge in [0.2, 0.25) is 0 Å². The second-order valence-electron chi connectivity index (χ2n) is 5.44. The number of aromatic nitrogens is 2. The highest BCUT2D eigenvalue weighted by atomic mass is 35.5. The van der Waals surface area contributed by atoms with Crippen LogP contribution in [0, 0.1) is 6.92 Å². The third-order valence-corrected chi connectivity index (χ3v) is 4.36. The highest BCUT2D eigenvalue weighted by Gasteiger charge is 2.32. The molecule has 5 nitrogen and oxygen atoms in total. The highest BCUT2D eigenvalue weighted by molar-refractivity contribution is 6.31. The van der Waals surface area contributed by atoms with Gasteiger partial charge in [0, 0.05) is 25.0 Å². The zero-order valence-electron chi connectivity index (χ0n) is 12.1. The minimum Gasteiger partial charge on any atom is -0.303 e. The number of likely N-dealkylation sites (N-methyl/N-ethyl adjacent to an activating group) is 1. The van der Waals surface area contributed by atoms with E-state index in [1.807, 2.05) is 32.7 Å². The van der Waals surface area contributed by atoms with Crippen LogP contribution in [-0.4, -0.2) is 40.4 Å². The van der Waals surface area contributed by atoms with Gasteiger partial charge in [-0.25, -0.2) is 0 Å². The van der Waals surface area contributed by atoms with Crippen molar-refractivity contribution in [3.63, 3.8) is 0 Å². The molecular formula is C12H24ClN5. The Labute approximate surface area is 114 Å². The number of halogens is 1. The summed E-state index contributed by atoms with van der Waals surface area (Å²) in [5, 5.41) is 5.06. The Balaban J connectivity index is 3.00. The molecule has 0 saturated carbocycles. The molecule has 0 aliphatic carbocycles. The molecule has 3 N–H and O–H groups in total. The largest absolute Gasteiger partial charge is 0.303 e. The third-order valence-electron chi connectivity index (χ3n) is 3.87. The summed E-state index contributed by atoms with van der Waals surface area (Å²) in [6.45, 7) is 6.21. The second-order valence-corrected chi connectivity index (χ2v) is 5.82. The number of hydrogen-bond donors (Lipinski definition) is 2. The SMILES string of the molecule is Cc1nn(C)c(CC(NN)C(C)(C)N(C)C)c1Cl. The summed E-state index contributed by atoms with van der Waals surface area (Å²) in [7, 11) is 5.99. The van der Waals surface area contributed by atoms with Gasteiger partial charge in [0.05, 0.1) is 16.4 Å². The molecule has 1 aromatic rings. The summed E-state index contributed by atoms with van der Waals surface area (Å²) in [6, 6.07) is 0.0831. The maximum Gasteiger partial charge on any atom is 0.0847 e. The summed E-state index contributed by atoms with van der Waals surface area (Å²) in [5.41, 5.74) is 4.67. The first-order valence-electron chi connectivity index (χ1n) is 6.03. The molecule has 1 heterocycles. The maximum atomic E-state index is 6.28. The molecule has 0 bridgehead atoms. The molecule has 104 valence electrons. The van der Waals surface area contributed by atoms with Crippen LogP contribution in [0.4, 0.5) is 0 Å². The van der Waals surface area contributed by atoms with Crippen LogP contribution in [0.15, 0.2) is 0 Å². The Morgan fingerprint density at radius 2 is 2.06 bits per heavy atom. The molecule has 0 fully saturated rings. The molecule has 1 unspecified atom stereocenters. The van der Waals surface area contributed by atoms with Crippen molar-refractivity contribution in [2.24, 2.45) is 12.9 Å². The number of hydrazine groups is 1.